The van der Waals surface area contributed by atoms with Crippen LogP contribution in [0.4, 0.5) is 0 Å². The van der Waals surface area contributed by atoms with Crippen molar-refractivity contribution in [3.63, 3.8) is 0 Å². The number of amides is 2. The Morgan fingerprint density at radius 3 is 2.77 bits per heavy atom. The first-order chi connectivity index (χ1) is 12.6. The second kappa shape index (κ2) is 9.23. The second-order valence-electron chi connectivity index (χ2n) is 5.67. The molecule has 0 unspecified atom stereocenters. The van der Waals surface area contributed by atoms with Gasteiger partial charge in [-0.2, -0.15) is 5.10 Å². The second-order valence-corrected chi connectivity index (χ2v) is 5.67. The summed E-state index contributed by atoms with van der Waals surface area (Å²) in [6, 6.07) is 11.3. The van der Waals surface area contributed by atoms with Crippen LogP contribution in [0.5, 0.6) is 5.75 Å². The lowest BCUT2D eigenvalue weighted by Gasteiger charge is -2.10. The van der Waals surface area contributed by atoms with Gasteiger partial charge in [-0.1, -0.05) is 43.2 Å². The molecule has 0 fully saturated rings. The van der Waals surface area contributed by atoms with Crippen LogP contribution in [-0.2, 0) is 9.59 Å². The van der Waals surface area contributed by atoms with Gasteiger partial charge in [0.25, 0.3) is 0 Å². The zero-order chi connectivity index (χ0) is 18.9. The Labute approximate surface area is 152 Å². The maximum Gasteiger partial charge on any atom is 0.329 e. The smallest absolute Gasteiger partial charge is 0.329 e. The first-order valence-electron chi connectivity index (χ1n) is 8.28. The highest BCUT2D eigenvalue weighted by Crippen LogP contribution is 2.26. The quantitative estimate of drug-likeness (QED) is 0.362. The number of benzene rings is 2. The Bertz CT molecular complexity index is 868. The minimum Gasteiger partial charge on any atom is -0.480 e. The average Bonchev–Trinajstić information content (AvgIpc) is 2.66. The molecule has 2 rings (SSSR count). The van der Waals surface area contributed by atoms with Gasteiger partial charge >= 0.3 is 11.8 Å². The molecule has 6 heteroatoms. The molecule has 2 amide bonds. The molecule has 26 heavy (non-hydrogen) atoms. The van der Waals surface area contributed by atoms with Crippen LogP contribution in [0.15, 0.2) is 41.5 Å². The molecule has 0 aliphatic rings. The fourth-order valence-corrected chi connectivity index (χ4v) is 2.25. The Morgan fingerprint density at radius 1 is 1.27 bits per heavy atom. The van der Waals surface area contributed by atoms with Crippen LogP contribution in [0.25, 0.3) is 10.8 Å². The maximum absolute atomic E-state index is 11.8. The van der Waals surface area contributed by atoms with E-state index in [-0.39, 0.29) is 12.6 Å². The van der Waals surface area contributed by atoms with E-state index >= 15 is 0 Å². The molecule has 0 saturated carbocycles. The third-order valence-electron chi connectivity index (χ3n) is 3.80. The first kappa shape index (κ1) is 19.0. The summed E-state index contributed by atoms with van der Waals surface area (Å²) in [6.45, 7) is 3.85. The molecular formula is C20H21N3O3. The third kappa shape index (κ3) is 4.84. The lowest BCUT2D eigenvalue weighted by atomic mass is 10.0. The highest BCUT2D eigenvalue weighted by Gasteiger charge is 2.14. The van der Waals surface area contributed by atoms with Gasteiger partial charge in [-0.05, 0) is 30.2 Å². The Kier molecular flexibility index (Phi) is 6.75. The number of carbonyl (C=O) groups excluding carboxylic acids is 2. The van der Waals surface area contributed by atoms with E-state index in [9.17, 15) is 9.59 Å². The van der Waals surface area contributed by atoms with E-state index in [0.717, 1.165) is 17.2 Å². The first-order valence-corrected chi connectivity index (χ1v) is 8.28. The molecule has 2 aromatic carbocycles. The van der Waals surface area contributed by atoms with E-state index in [4.69, 9.17) is 11.2 Å². The van der Waals surface area contributed by atoms with Crippen molar-refractivity contribution in [1.82, 2.24) is 10.7 Å². The van der Waals surface area contributed by atoms with Gasteiger partial charge in [0.15, 0.2) is 0 Å². The number of fused-ring (bicyclic) bond motifs is 1. The van der Waals surface area contributed by atoms with E-state index < -0.39 is 11.8 Å². The Morgan fingerprint density at radius 2 is 2.04 bits per heavy atom. The van der Waals surface area contributed by atoms with Crippen LogP contribution in [-0.4, -0.2) is 30.7 Å². The molecule has 0 spiro atoms. The molecule has 6 nitrogen and oxygen atoms in total. The fourth-order valence-electron chi connectivity index (χ4n) is 2.25. The number of hydrogen-bond donors (Lipinski definition) is 2. The van der Waals surface area contributed by atoms with Gasteiger partial charge in [0.05, 0.1) is 6.21 Å². The molecule has 2 aromatic rings. The SMILES string of the molecule is C#CCOc1ccc2ccccc2c1/C=N\NC(=O)C(=O)N[C@H](C)CC. The van der Waals surface area contributed by atoms with E-state index in [1.165, 1.54) is 6.21 Å². The topological polar surface area (TPSA) is 79.8 Å². The number of hydrogen-bond acceptors (Lipinski definition) is 4. The molecule has 0 heterocycles. The Balaban J connectivity index is 2.20. The normalized spacial score (nSPS) is 11.7. The van der Waals surface area contributed by atoms with E-state index in [0.29, 0.717) is 11.3 Å². The zero-order valence-corrected chi connectivity index (χ0v) is 14.8. The summed E-state index contributed by atoms with van der Waals surface area (Å²) in [7, 11) is 0. The van der Waals surface area contributed by atoms with Crippen molar-refractivity contribution < 1.29 is 14.3 Å². The van der Waals surface area contributed by atoms with Gasteiger partial charge < -0.3 is 10.1 Å². The predicted molar refractivity (Wildman–Crippen MR) is 102 cm³/mol. The van der Waals surface area contributed by atoms with Gasteiger partial charge in [-0.15, -0.1) is 6.42 Å². The number of carbonyl (C=O) groups is 2. The summed E-state index contributed by atoms with van der Waals surface area (Å²) < 4.78 is 5.55. The summed E-state index contributed by atoms with van der Waals surface area (Å²) in [4.78, 5) is 23.5. The number of hydrazone groups is 1. The van der Waals surface area contributed by atoms with E-state index in [1.54, 1.807) is 6.07 Å². The minimum absolute atomic E-state index is 0.0842. The lowest BCUT2D eigenvalue weighted by Crippen LogP contribution is -2.41. The summed E-state index contributed by atoms with van der Waals surface area (Å²) in [5, 5.41) is 8.35. The van der Waals surface area contributed by atoms with E-state index in [2.05, 4.69) is 21.8 Å². The number of terminal acetylenes is 1. The van der Waals surface area contributed by atoms with Crippen LogP contribution in [0, 0.1) is 12.3 Å². The third-order valence-corrected chi connectivity index (χ3v) is 3.80. The molecule has 0 bridgehead atoms. The fraction of sp³-hybridized carbons (Fsp3) is 0.250. The predicted octanol–water partition coefficient (Wildman–Crippen LogP) is 2.22. The van der Waals surface area contributed by atoms with Gasteiger partial charge in [-0.25, -0.2) is 5.43 Å². The molecule has 134 valence electrons. The van der Waals surface area contributed by atoms with Crippen molar-refractivity contribution in [2.45, 2.75) is 26.3 Å². The van der Waals surface area contributed by atoms with Crippen molar-refractivity contribution in [3.8, 4) is 18.1 Å². The van der Waals surface area contributed by atoms with Gasteiger partial charge in [0.1, 0.15) is 12.4 Å². The van der Waals surface area contributed by atoms with Crippen LogP contribution >= 0.6 is 0 Å². The van der Waals surface area contributed by atoms with Crippen molar-refractivity contribution in [2.24, 2.45) is 5.10 Å². The summed E-state index contributed by atoms with van der Waals surface area (Å²) in [5.74, 6) is 1.41. The molecule has 1 atom stereocenters. The number of nitrogens with one attached hydrogen (secondary N) is 2. The minimum atomic E-state index is -0.826. The van der Waals surface area contributed by atoms with Gasteiger partial charge in [-0.3, -0.25) is 9.59 Å². The number of rotatable bonds is 6. The van der Waals surface area contributed by atoms with Crippen molar-refractivity contribution in [1.29, 1.82) is 0 Å². The van der Waals surface area contributed by atoms with Crippen molar-refractivity contribution in [3.05, 3.63) is 42.0 Å². The molecule has 2 N–H and O–H groups in total. The molecule has 0 aliphatic carbocycles. The molecule has 0 aliphatic heterocycles. The largest absolute Gasteiger partial charge is 0.480 e. The monoisotopic (exact) mass is 351 g/mol. The van der Waals surface area contributed by atoms with Crippen LogP contribution in [0.2, 0.25) is 0 Å². The Hall–Kier alpha value is -3.33. The van der Waals surface area contributed by atoms with Crippen molar-refractivity contribution in [2.75, 3.05) is 6.61 Å². The molecular weight excluding hydrogens is 330 g/mol. The highest BCUT2D eigenvalue weighted by atomic mass is 16.5. The van der Waals surface area contributed by atoms with Crippen molar-refractivity contribution >= 4 is 28.8 Å². The maximum atomic E-state index is 11.8. The lowest BCUT2D eigenvalue weighted by molar-refractivity contribution is -0.139. The van der Waals surface area contributed by atoms with Gasteiger partial charge in [0.2, 0.25) is 0 Å². The standard InChI is InChI=1S/C20H21N3O3/c1-4-12-26-18-11-10-15-8-6-7-9-16(15)17(18)13-21-23-20(25)19(24)22-14(3)5-2/h1,6-11,13-14H,5,12H2,2-3H3,(H,22,24)(H,23,25)/b21-13-/t14-/m1/s1. The zero-order valence-electron chi connectivity index (χ0n) is 14.8. The summed E-state index contributed by atoms with van der Waals surface area (Å²) in [5.41, 5.74) is 2.90. The molecule has 0 radical (unpaired) electrons. The number of nitrogens with zero attached hydrogens (tertiary/aromatic N) is 1. The van der Waals surface area contributed by atoms with Crippen LogP contribution < -0.4 is 15.5 Å². The summed E-state index contributed by atoms with van der Waals surface area (Å²) >= 11 is 0. The van der Waals surface area contributed by atoms with E-state index in [1.807, 2.05) is 44.2 Å². The highest BCUT2D eigenvalue weighted by molar-refractivity contribution is 6.35. The van der Waals surface area contributed by atoms with Crippen LogP contribution in [0.1, 0.15) is 25.8 Å². The summed E-state index contributed by atoms with van der Waals surface area (Å²) in [6.07, 6.45) is 7.43. The molecule has 0 saturated heterocycles. The number of ether oxygens (including phenoxy) is 1. The van der Waals surface area contributed by atoms with Gasteiger partial charge in [0, 0.05) is 11.6 Å². The molecule has 0 aromatic heterocycles. The average molecular weight is 351 g/mol. The van der Waals surface area contributed by atoms with Crippen LogP contribution in [0.3, 0.4) is 0 Å².